The number of rotatable bonds is 4. The fourth-order valence-electron chi connectivity index (χ4n) is 4.03. The molecule has 0 saturated heterocycles. The van der Waals surface area contributed by atoms with Crippen molar-refractivity contribution in [2.24, 2.45) is 16.6 Å². The lowest BCUT2D eigenvalue weighted by molar-refractivity contribution is -0.192. The van der Waals surface area contributed by atoms with Crippen LogP contribution in [-0.4, -0.2) is 47.2 Å². The first kappa shape index (κ1) is 28.5. The molecular formula is C23H23ClF4N4O4S. The topological polar surface area (TPSA) is 127 Å². The highest BCUT2D eigenvalue weighted by molar-refractivity contribution is 7.11. The quantitative estimate of drug-likeness (QED) is 0.367. The minimum Gasteiger partial charge on any atom is -0.475 e. The summed E-state index contributed by atoms with van der Waals surface area (Å²) < 4.78 is 50.5. The second-order valence-electron chi connectivity index (χ2n) is 8.24. The number of nitrogens with one attached hydrogen (secondary N) is 1. The lowest BCUT2D eigenvalue weighted by Gasteiger charge is -2.34. The number of esters is 1. The number of halogens is 5. The molecule has 37 heavy (non-hydrogen) atoms. The molecule has 1 aromatic carbocycles. The lowest BCUT2D eigenvalue weighted by Crippen LogP contribution is -2.39. The minimum absolute atomic E-state index is 0.103. The average molecular weight is 563 g/mol. The summed E-state index contributed by atoms with van der Waals surface area (Å²) in [6, 6.07) is 3.55. The lowest BCUT2D eigenvalue weighted by atomic mass is 9.80. The molecule has 1 atom stereocenters. The van der Waals surface area contributed by atoms with Crippen molar-refractivity contribution in [1.82, 2.24) is 10.3 Å². The molecule has 2 aromatic rings. The van der Waals surface area contributed by atoms with Crippen LogP contribution in [0.5, 0.6) is 0 Å². The summed E-state index contributed by atoms with van der Waals surface area (Å²) in [6.45, 7) is 0. The van der Waals surface area contributed by atoms with Crippen molar-refractivity contribution in [3.63, 3.8) is 0 Å². The molecule has 200 valence electrons. The van der Waals surface area contributed by atoms with E-state index in [2.05, 4.69) is 10.3 Å². The molecule has 1 fully saturated rings. The van der Waals surface area contributed by atoms with Crippen molar-refractivity contribution in [3.05, 3.63) is 62.5 Å². The number of nitrogens with two attached hydrogens (primary N) is 1. The highest BCUT2D eigenvalue weighted by Crippen LogP contribution is 2.40. The van der Waals surface area contributed by atoms with E-state index < -0.39 is 30.0 Å². The van der Waals surface area contributed by atoms with Gasteiger partial charge in [0.05, 0.1) is 12.7 Å². The Bertz CT molecular complexity index is 1200. The van der Waals surface area contributed by atoms with Crippen molar-refractivity contribution in [2.75, 3.05) is 7.11 Å². The molecule has 1 aliphatic carbocycles. The fraction of sp³-hybridized carbons (Fsp3) is 0.391. The van der Waals surface area contributed by atoms with Crippen LogP contribution < -0.4 is 11.1 Å². The molecule has 0 radical (unpaired) electrons. The number of carboxylic acids is 1. The Morgan fingerprint density at radius 2 is 1.89 bits per heavy atom. The highest BCUT2D eigenvalue weighted by Gasteiger charge is 2.38. The molecule has 4 N–H and O–H groups in total. The molecule has 1 aromatic heterocycles. The third-order valence-electron chi connectivity index (χ3n) is 5.79. The molecule has 2 heterocycles. The zero-order valence-electron chi connectivity index (χ0n) is 19.4. The zero-order valence-corrected chi connectivity index (χ0v) is 21.0. The first-order chi connectivity index (χ1) is 17.4. The molecule has 0 bridgehead atoms. The number of thiazole rings is 1. The van der Waals surface area contributed by atoms with Crippen LogP contribution in [0.25, 0.3) is 0 Å². The predicted octanol–water partition coefficient (Wildman–Crippen LogP) is 4.60. The number of aliphatic imine (C=N–C) groups is 1. The number of amidine groups is 1. The third kappa shape index (κ3) is 7.05. The number of carboxylic acid groups (broad SMARTS) is 1. The number of nitrogens with zero attached hydrogens (tertiary/aromatic N) is 2. The van der Waals surface area contributed by atoms with E-state index in [4.69, 9.17) is 37.0 Å². The summed E-state index contributed by atoms with van der Waals surface area (Å²) in [5.74, 6) is -3.03. The van der Waals surface area contributed by atoms with Crippen LogP contribution in [0.3, 0.4) is 0 Å². The van der Waals surface area contributed by atoms with Gasteiger partial charge in [0.1, 0.15) is 11.9 Å². The number of allylic oxidation sites excluding steroid dienone is 1. The van der Waals surface area contributed by atoms with Gasteiger partial charge in [-0.05, 0) is 43.7 Å². The summed E-state index contributed by atoms with van der Waals surface area (Å²) in [6.07, 6.45) is 0.0486. The number of carbonyl (C=O) groups is 2. The molecule has 1 aliphatic heterocycles. The standard InChI is InChI=1S/C21H22ClFN4O2S.C2HF3O2/c1-29-21(28)16-17(11-2-5-13(24)6-3-11)26-19(20-25-8-9-30-20)27-18(16)14-7-4-12(23)10-15(14)22;3-2(4,5)1(6)7/h4,7-11,13,18H,2-3,5-6,24H2,1H3,(H,26,27);(H,6,7). The van der Waals surface area contributed by atoms with Crippen molar-refractivity contribution in [2.45, 2.75) is 43.9 Å². The number of carbonyl (C=O) groups excluding carboxylic acids is 1. The van der Waals surface area contributed by atoms with Crippen LogP contribution in [0, 0.1) is 11.7 Å². The van der Waals surface area contributed by atoms with E-state index in [-0.39, 0.29) is 17.0 Å². The van der Waals surface area contributed by atoms with Gasteiger partial charge in [-0.1, -0.05) is 17.7 Å². The van der Waals surface area contributed by atoms with Crippen LogP contribution in [0.4, 0.5) is 17.6 Å². The number of benzene rings is 1. The molecular weight excluding hydrogens is 540 g/mol. The van der Waals surface area contributed by atoms with Crippen LogP contribution in [0.1, 0.15) is 42.3 Å². The summed E-state index contributed by atoms with van der Waals surface area (Å²) in [5, 5.41) is 13.2. The van der Waals surface area contributed by atoms with Crippen LogP contribution >= 0.6 is 22.9 Å². The molecule has 14 heteroatoms. The molecule has 0 spiro atoms. The number of ether oxygens (including phenoxy) is 1. The van der Waals surface area contributed by atoms with Gasteiger partial charge in [-0.2, -0.15) is 13.2 Å². The first-order valence-electron chi connectivity index (χ1n) is 11.0. The van der Waals surface area contributed by atoms with E-state index in [0.29, 0.717) is 22.0 Å². The van der Waals surface area contributed by atoms with Gasteiger partial charge >= 0.3 is 18.1 Å². The number of hydrogen-bond donors (Lipinski definition) is 3. The van der Waals surface area contributed by atoms with Crippen molar-refractivity contribution >= 4 is 40.7 Å². The monoisotopic (exact) mass is 562 g/mol. The van der Waals surface area contributed by atoms with Gasteiger partial charge in [-0.3, -0.25) is 4.99 Å². The minimum atomic E-state index is -5.08. The van der Waals surface area contributed by atoms with Crippen LogP contribution in [-0.2, 0) is 14.3 Å². The first-order valence-corrected chi connectivity index (χ1v) is 12.3. The number of alkyl halides is 3. The van der Waals surface area contributed by atoms with E-state index in [1.54, 1.807) is 12.3 Å². The van der Waals surface area contributed by atoms with Gasteiger partial charge < -0.3 is 20.9 Å². The molecule has 4 rings (SSSR count). The predicted molar refractivity (Wildman–Crippen MR) is 129 cm³/mol. The van der Waals surface area contributed by atoms with E-state index >= 15 is 0 Å². The van der Waals surface area contributed by atoms with Gasteiger partial charge in [0.25, 0.3) is 0 Å². The fourth-order valence-corrected chi connectivity index (χ4v) is 4.89. The SMILES string of the molecule is COC(=O)C1=C(C2CCC(N)CC2)NC(c2nccs2)=NC1c1ccc(F)cc1Cl.O=C(O)C(F)(F)F. The van der Waals surface area contributed by atoms with Gasteiger partial charge in [-0.25, -0.2) is 19.0 Å². The van der Waals surface area contributed by atoms with Gasteiger partial charge in [0.15, 0.2) is 10.8 Å². The Morgan fingerprint density at radius 1 is 1.24 bits per heavy atom. The van der Waals surface area contributed by atoms with Crippen LogP contribution in [0.15, 0.2) is 46.0 Å². The highest BCUT2D eigenvalue weighted by atomic mass is 35.5. The second-order valence-corrected chi connectivity index (χ2v) is 9.54. The third-order valence-corrected chi connectivity index (χ3v) is 6.90. The maximum absolute atomic E-state index is 13.7. The molecule has 2 aliphatic rings. The summed E-state index contributed by atoms with van der Waals surface area (Å²) in [5.41, 5.74) is 7.79. The molecule has 8 nitrogen and oxygen atoms in total. The van der Waals surface area contributed by atoms with Crippen molar-refractivity contribution in [3.8, 4) is 0 Å². The zero-order chi connectivity index (χ0) is 27.3. The maximum Gasteiger partial charge on any atom is 0.490 e. The van der Waals surface area contributed by atoms with E-state index in [1.165, 1.54) is 30.6 Å². The number of hydrogen-bond acceptors (Lipinski definition) is 8. The normalized spacial score (nSPS) is 21.8. The van der Waals surface area contributed by atoms with E-state index in [9.17, 15) is 22.4 Å². The van der Waals surface area contributed by atoms with Crippen molar-refractivity contribution in [1.29, 1.82) is 0 Å². The molecule has 0 amide bonds. The second kappa shape index (κ2) is 12.0. The number of methoxy groups -OCH3 is 1. The average Bonchev–Trinajstić information content (AvgIpc) is 3.38. The number of aromatic nitrogens is 1. The number of aliphatic carboxylic acids is 1. The van der Waals surface area contributed by atoms with Gasteiger partial charge in [0.2, 0.25) is 0 Å². The smallest absolute Gasteiger partial charge is 0.475 e. The summed E-state index contributed by atoms with van der Waals surface area (Å²) >= 11 is 7.81. The largest absolute Gasteiger partial charge is 0.490 e. The Kier molecular flexibility index (Phi) is 9.26. The van der Waals surface area contributed by atoms with E-state index in [0.717, 1.165) is 31.4 Å². The maximum atomic E-state index is 13.7. The van der Waals surface area contributed by atoms with Crippen molar-refractivity contribution < 1.29 is 37.0 Å². The summed E-state index contributed by atoms with van der Waals surface area (Å²) in [7, 11) is 1.34. The van der Waals surface area contributed by atoms with Gasteiger partial charge in [0, 0.05) is 33.9 Å². The Hall–Kier alpha value is -3.03. The molecule has 1 saturated carbocycles. The molecule has 1 unspecified atom stereocenters. The van der Waals surface area contributed by atoms with Crippen LogP contribution in [0.2, 0.25) is 5.02 Å². The Labute approximate surface area is 218 Å². The Balaban J connectivity index is 0.000000479. The van der Waals surface area contributed by atoms with E-state index in [1.807, 2.05) is 5.38 Å². The Morgan fingerprint density at radius 3 is 2.41 bits per heavy atom. The summed E-state index contributed by atoms with van der Waals surface area (Å²) in [4.78, 5) is 30.9. The van der Waals surface area contributed by atoms with Gasteiger partial charge in [-0.15, -0.1) is 11.3 Å².